The van der Waals surface area contributed by atoms with Gasteiger partial charge in [-0.15, -0.1) is 5.10 Å². The summed E-state index contributed by atoms with van der Waals surface area (Å²) >= 11 is 11.9. The lowest BCUT2D eigenvalue weighted by Crippen LogP contribution is -2.52. The number of amides is 1. The molecule has 0 radical (unpaired) electrons. The molecule has 2 aliphatic rings. The van der Waals surface area contributed by atoms with Crippen LogP contribution in [0.4, 0.5) is 0 Å². The third-order valence-corrected chi connectivity index (χ3v) is 4.89. The molecule has 1 aromatic carbocycles. The van der Waals surface area contributed by atoms with E-state index < -0.39 is 0 Å². The fraction of sp³-hybridized carbons (Fsp3) is 0.438. The number of carbonyl (C=O) groups excluding carboxylic acids is 1. The minimum absolute atomic E-state index is 0.0429. The summed E-state index contributed by atoms with van der Waals surface area (Å²) in [6, 6.07) is 5.12. The molecule has 0 unspecified atom stereocenters. The lowest BCUT2D eigenvalue weighted by Gasteiger charge is -2.38. The van der Waals surface area contributed by atoms with Gasteiger partial charge >= 0.3 is 0 Å². The van der Waals surface area contributed by atoms with Crippen molar-refractivity contribution in [1.29, 1.82) is 0 Å². The number of hydrogen-bond acceptors (Lipinski definition) is 4. The van der Waals surface area contributed by atoms with Crippen molar-refractivity contribution in [3.63, 3.8) is 0 Å². The van der Waals surface area contributed by atoms with Gasteiger partial charge < -0.3 is 9.64 Å². The zero-order chi connectivity index (χ0) is 16.7. The summed E-state index contributed by atoms with van der Waals surface area (Å²) in [6.07, 6.45) is 4.42. The number of benzene rings is 1. The molecule has 2 heterocycles. The average molecular weight is 367 g/mol. The number of hydrogen-bond donors (Lipinski definition) is 0. The van der Waals surface area contributed by atoms with E-state index in [9.17, 15) is 4.79 Å². The maximum Gasteiger partial charge on any atom is 0.260 e. The molecule has 1 aromatic heterocycles. The molecular weight excluding hydrogens is 351 g/mol. The van der Waals surface area contributed by atoms with Gasteiger partial charge in [0.05, 0.1) is 16.8 Å². The number of likely N-dealkylation sites (tertiary alicyclic amines) is 1. The third-order valence-electron chi connectivity index (χ3n) is 4.36. The van der Waals surface area contributed by atoms with Gasteiger partial charge in [0, 0.05) is 30.2 Å². The zero-order valence-corrected chi connectivity index (χ0v) is 14.4. The summed E-state index contributed by atoms with van der Waals surface area (Å²) in [5.41, 5.74) is 1.07. The van der Waals surface area contributed by atoms with E-state index in [1.165, 1.54) is 12.8 Å². The highest BCUT2D eigenvalue weighted by atomic mass is 35.5. The van der Waals surface area contributed by atoms with Gasteiger partial charge in [-0.2, -0.15) is 0 Å². The predicted molar refractivity (Wildman–Crippen MR) is 89.6 cm³/mol. The van der Waals surface area contributed by atoms with Gasteiger partial charge in [-0.05, 0) is 31.0 Å². The minimum atomic E-state index is -0.0696. The summed E-state index contributed by atoms with van der Waals surface area (Å²) < 4.78 is 7.35. The lowest BCUT2D eigenvalue weighted by atomic mass is 10.1. The van der Waals surface area contributed by atoms with Gasteiger partial charge in [0.1, 0.15) is 5.75 Å². The summed E-state index contributed by atoms with van der Waals surface area (Å²) in [4.78, 5) is 13.9. The van der Waals surface area contributed by atoms with Crippen LogP contribution in [0, 0.1) is 0 Å². The molecule has 2 aromatic rings. The molecule has 2 fully saturated rings. The first-order valence-electron chi connectivity index (χ1n) is 7.87. The number of nitrogens with zero attached hydrogens (tertiary/aromatic N) is 4. The number of rotatable bonds is 5. The van der Waals surface area contributed by atoms with Crippen molar-refractivity contribution >= 4 is 29.1 Å². The smallest absolute Gasteiger partial charge is 0.260 e. The first-order valence-corrected chi connectivity index (χ1v) is 8.63. The molecule has 0 atom stereocenters. The Morgan fingerprint density at radius 2 is 2.08 bits per heavy atom. The Morgan fingerprint density at radius 1 is 1.29 bits per heavy atom. The number of carbonyl (C=O) groups is 1. The summed E-state index contributed by atoms with van der Waals surface area (Å²) in [5, 5.41) is 9.30. The highest BCUT2D eigenvalue weighted by Gasteiger charge is 2.34. The van der Waals surface area contributed by atoms with Gasteiger partial charge in [0.15, 0.2) is 6.61 Å². The molecule has 1 saturated carbocycles. The molecule has 4 rings (SSSR count). The second-order valence-electron chi connectivity index (χ2n) is 6.21. The van der Waals surface area contributed by atoms with Crippen molar-refractivity contribution in [2.45, 2.75) is 24.8 Å². The van der Waals surface area contributed by atoms with E-state index >= 15 is 0 Å². The second-order valence-corrected chi connectivity index (χ2v) is 7.06. The molecule has 0 spiro atoms. The molecular formula is C16H16Cl2N4O2. The predicted octanol–water partition coefficient (Wildman–Crippen LogP) is 2.92. The molecule has 8 heteroatoms. The molecule has 1 aliphatic heterocycles. The zero-order valence-electron chi connectivity index (χ0n) is 12.9. The van der Waals surface area contributed by atoms with Gasteiger partial charge in [0.2, 0.25) is 0 Å². The van der Waals surface area contributed by atoms with E-state index in [2.05, 4.69) is 10.3 Å². The number of halogens is 2. The quantitative estimate of drug-likeness (QED) is 0.815. The molecule has 126 valence electrons. The minimum Gasteiger partial charge on any atom is -0.482 e. The Morgan fingerprint density at radius 3 is 2.79 bits per heavy atom. The first-order chi connectivity index (χ1) is 11.6. The fourth-order valence-electron chi connectivity index (χ4n) is 2.68. The van der Waals surface area contributed by atoms with Gasteiger partial charge in [0.25, 0.3) is 5.91 Å². The normalized spacial score (nSPS) is 17.7. The van der Waals surface area contributed by atoms with Crippen LogP contribution in [0.1, 0.15) is 30.5 Å². The van der Waals surface area contributed by atoms with Crippen LogP contribution in [0.3, 0.4) is 0 Å². The van der Waals surface area contributed by atoms with Crippen molar-refractivity contribution in [3.8, 4) is 5.75 Å². The van der Waals surface area contributed by atoms with Crippen LogP contribution in [-0.4, -0.2) is 45.5 Å². The van der Waals surface area contributed by atoms with Gasteiger partial charge in [-0.3, -0.25) is 4.79 Å². The van der Waals surface area contributed by atoms with Crippen molar-refractivity contribution in [3.05, 3.63) is 40.1 Å². The Bertz CT molecular complexity index is 769. The Balaban J connectivity index is 1.27. The first kappa shape index (κ1) is 15.7. The maximum absolute atomic E-state index is 12.2. The Hall–Kier alpha value is -1.79. The Labute approximate surface area is 149 Å². The van der Waals surface area contributed by atoms with Crippen LogP contribution in [0.25, 0.3) is 0 Å². The van der Waals surface area contributed by atoms with Crippen LogP contribution in [0.5, 0.6) is 5.75 Å². The van der Waals surface area contributed by atoms with Crippen LogP contribution in [-0.2, 0) is 4.79 Å². The Kier molecular flexibility index (Phi) is 4.10. The highest BCUT2D eigenvalue weighted by molar-refractivity contribution is 6.35. The monoisotopic (exact) mass is 366 g/mol. The molecule has 1 amide bonds. The van der Waals surface area contributed by atoms with Gasteiger partial charge in [-0.25, -0.2) is 4.68 Å². The largest absolute Gasteiger partial charge is 0.482 e. The second kappa shape index (κ2) is 6.26. The molecule has 0 bridgehead atoms. The van der Waals surface area contributed by atoms with E-state index in [4.69, 9.17) is 27.9 Å². The van der Waals surface area contributed by atoms with Crippen molar-refractivity contribution < 1.29 is 9.53 Å². The molecule has 0 N–H and O–H groups in total. The topological polar surface area (TPSA) is 60.2 Å². The maximum atomic E-state index is 12.2. The lowest BCUT2D eigenvalue weighted by molar-refractivity contribution is -0.139. The number of aromatic nitrogens is 3. The summed E-state index contributed by atoms with van der Waals surface area (Å²) in [5.74, 6) is 0.978. The van der Waals surface area contributed by atoms with E-state index in [0.29, 0.717) is 34.8 Å². The molecule has 1 aliphatic carbocycles. The van der Waals surface area contributed by atoms with E-state index in [0.717, 1.165) is 5.69 Å². The van der Waals surface area contributed by atoms with Crippen molar-refractivity contribution in [2.75, 3.05) is 19.7 Å². The SMILES string of the molecule is O=C(COc1ccc(Cl)cc1Cl)N1CC(n2cc(C3CC3)nn2)C1. The number of ether oxygens (including phenoxy) is 1. The van der Waals surface area contributed by atoms with Crippen LogP contribution in [0.2, 0.25) is 10.0 Å². The van der Waals surface area contributed by atoms with E-state index in [-0.39, 0.29) is 18.6 Å². The molecule has 24 heavy (non-hydrogen) atoms. The highest BCUT2D eigenvalue weighted by Crippen LogP contribution is 2.39. The van der Waals surface area contributed by atoms with E-state index in [1.807, 2.05) is 10.9 Å². The van der Waals surface area contributed by atoms with Crippen molar-refractivity contribution in [1.82, 2.24) is 19.9 Å². The molecule has 1 saturated heterocycles. The van der Waals surface area contributed by atoms with E-state index in [1.54, 1.807) is 23.1 Å². The van der Waals surface area contributed by atoms with Gasteiger partial charge in [-0.1, -0.05) is 28.4 Å². The standard InChI is InChI=1S/C16H16Cl2N4O2/c17-11-3-4-15(13(18)5-11)24-9-16(23)21-6-12(7-21)22-8-14(19-20-22)10-1-2-10/h3-5,8,10,12H,1-2,6-7,9H2. The third kappa shape index (κ3) is 3.21. The molecule has 6 nitrogen and oxygen atoms in total. The van der Waals surface area contributed by atoms with Crippen LogP contribution < -0.4 is 4.74 Å². The van der Waals surface area contributed by atoms with Crippen LogP contribution >= 0.6 is 23.2 Å². The summed E-state index contributed by atoms with van der Waals surface area (Å²) in [7, 11) is 0. The van der Waals surface area contributed by atoms with Crippen molar-refractivity contribution in [2.24, 2.45) is 0 Å². The average Bonchev–Trinajstić information content (AvgIpc) is 3.24. The van der Waals surface area contributed by atoms with Crippen LogP contribution in [0.15, 0.2) is 24.4 Å². The summed E-state index contributed by atoms with van der Waals surface area (Å²) in [6.45, 7) is 1.22. The fourth-order valence-corrected chi connectivity index (χ4v) is 3.15.